The molecule has 0 aliphatic carbocycles. The van der Waals surface area contributed by atoms with E-state index in [1.165, 1.54) is 0 Å². The summed E-state index contributed by atoms with van der Waals surface area (Å²) in [5.74, 6) is 0.453. The summed E-state index contributed by atoms with van der Waals surface area (Å²) in [5.41, 5.74) is -0.243. The van der Waals surface area contributed by atoms with Gasteiger partial charge in [0.1, 0.15) is 0 Å². The first-order chi connectivity index (χ1) is 8.97. The molecule has 120 valence electrons. The lowest BCUT2D eigenvalue weighted by molar-refractivity contribution is 0.122. The van der Waals surface area contributed by atoms with Gasteiger partial charge in [0.25, 0.3) is 10.2 Å². The molecule has 0 bridgehead atoms. The normalized spacial score (nSPS) is 31.4. The van der Waals surface area contributed by atoms with Gasteiger partial charge in [-0.2, -0.15) is 12.7 Å². The van der Waals surface area contributed by atoms with E-state index < -0.39 is 10.2 Å². The predicted octanol–water partition coefficient (Wildman–Crippen LogP) is 0.353. The van der Waals surface area contributed by atoms with E-state index in [9.17, 15) is 8.42 Å². The summed E-state index contributed by atoms with van der Waals surface area (Å²) < 4.78 is 34.0. The second-order valence-corrected chi connectivity index (χ2v) is 7.58. The summed E-state index contributed by atoms with van der Waals surface area (Å²) in [7, 11) is -1.70. The minimum absolute atomic E-state index is 0. The van der Waals surface area contributed by atoms with Gasteiger partial charge in [0.15, 0.2) is 0 Å². The Bertz CT molecular complexity index is 399. The van der Waals surface area contributed by atoms with Crippen LogP contribution in [0.25, 0.3) is 0 Å². The van der Waals surface area contributed by atoms with Gasteiger partial charge in [0, 0.05) is 26.7 Å². The van der Waals surface area contributed by atoms with Crippen molar-refractivity contribution < 1.29 is 13.2 Å². The van der Waals surface area contributed by atoms with Gasteiger partial charge in [-0.05, 0) is 31.7 Å². The molecule has 6 nitrogen and oxygen atoms in total. The Morgan fingerprint density at radius 1 is 1.50 bits per heavy atom. The molecule has 0 spiro atoms. The van der Waals surface area contributed by atoms with Crippen molar-refractivity contribution in [2.75, 3.05) is 39.9 Å². The van der Waals surface area contributed by atoms with E-state index in [2.05, 4.69) is 17.0 Å². The molecule has 2 heterocycles. The van der Waals surface area contributed by atoms with Gasteiger partial charge in [-0.1, -0.05) is 6.92 Å². The second kappa shape index (κ2) is 7.38. The van der Waals surface area contributed by atoms with Gasteiger partial charge in [0.05, 0.1) is 12.1 Å². The maximum absolute atomic E-state index is 12.2. The van der Waals surface area contributed by atoms with Crippen LogP contribution in [0.1, 0.15) is 26.2 Å². The smallest absolute Gasteiger partial charge is 0.279 e. The highest BCUT2D eigenvalue weighted by Gasteiger charge is 2.36. The molecule has 2 unspecified atom stereocenters. The highest BCUT2D eigenvalue weighted by Crippen LogP contribution is 2.21. The first-order valence-corrected chi connectivity index (χ1v) is 8.40. The topological polar surface area (TPSA) is 70.7 Å². The van der Waals surface area contributed by atoms with Crippen molar-refractivity contribution in [1.29, 1.82) is 0 Å². The van der Waals surface area contributed by atoms with Gasteiger partial charge >= 0.3 is 0 Å². The quantitative estimate of drug-likeness (QED) is 0.738. The van der Waals surface area contributed by atoms with Crippen LogP contribution in [0, 0.1) is 5.92 Å². The van der Waals surface area contributed by atoms with Crippen molar-refractivity contribution in [3.05, 3.63) is 0 Å². The fraction of sp³-hybridized carbons (Fsp3) is 1.00. The summed E-state index contributed by atoms with van der Waals surface area (Å²) >= 11 is 0. The summed E-state index contributed by atoms with van der Waals surface area (Å²) in [5, 5.41) is 3.37. The Balaban J connectivity index is 0.00000200. The average molecular weight is 328 g/mol. The maximum atomic E-state index is 12.2. The Morgan fingerprint density at radius 2 is 2.25 bits per heavy atom. The average Bonchev–Trinajstić information content (AvgIpc) is 2.98. The third kappa shape index (κ3) is 4.29. The fourth-order valence-corrected chi connectivity index (χ4v) is 4.34. The fourth-order valence-electron chi connectivity index (χ4n) is 2.90. The monoisotopic (exact) mass is 327 g/mol. The minimum atomic E-state index is -3.35. The van der Waals surface area contributed by atoms with E-state index in [1.54, 1.807) is 11.4 Å². The highest BCUT2D eigenvalue weighted by molar-refractivity contribution is 7.87. The molecule has 20 heavy (non-hydrogen) atoms. The van der Waals surface area contributed by atoms with Crippen molar-refractivity contribution >= 4 is 22.6 Å². The number of ether oxygens (including phenoxy) is 1. The number of nitrogens with one attached hydrogen (secondary N) is 2. The van der Waals surface area contributed by atoms with E-state index in [4.69, 9.17) is 4.74 Å². The van der Waals surface area contributed by atoms with Gasteiger partial charge in [0.2, 0.25) is 0 Å². The molecule has 0 radical (unpaired) electrons. The Kier molecular flexibility index (Phi) is 6.69. The van der Waals surface area contributed by atoms with Crippen molar-refractivity contribution in [2.45, 2.75) is 31.7 Å². The predicted molar refractivity (Wildman–Crippen MR) is 81.4 cm³/mol. The highest BCUT2D eigenvalue weighted by atomic mass is 35.5. The lowest BCUT2D eigenvalue weighted by Gasteiger charge is -2.29. The second-order valence-electron chi connectivity index (χ2n) is 5.82. The van der Waals surface area contributed by atoms with Gasteiger partial charge in [-0.15, -0.1) is 12.4 Å². The molecule has 2 fully saturated rings. The van der Waals surface area contributed by atoms with Crippen molar-refractivity contribution in [3.8, 4) is 0 Å². The zero-order chi connectivity index (χ0) is 13.9. The molecule has 2 aliphatic rings. The van der Waals surface area contributed by atoms with Crippen molar-refractivity contribution in [1.82, 2.24) is 14.3 Å². The number of rotatable bonds is 6. The van der Waals surface area contributed by atoms with Crippen LogP contribution in [0.15, 0.2) is 0 Å². The van der Waals surface area contributed by atoms with Crippen LogP contribution in [-0.4, -0.2) is 58.2 Å². The lowest BCUT2D eigenvalue weighted by Crippen LogP contribution is -2.54. The molecular weight excluding hydrogens is 302 g/mol. The Labute approximate surface area is 128 Å². The van der Waals surface area contributed by atoms with E-state index >= 15 is 0 Å². The van der Waals surface area contributed by atoms with Crippen LogP contribution >= 0.6 is 12.4 Å². The van der Waals surface area contributed by atoms with Crippen LogP contribution in [-0.2, 0) is 14.9 Å². The Hall–Kier alpha value is 0.0800. The molecule has 2 atom stereocenters. The number of methoxy groups -OCH3 is 1. The first kappa shape index (κ1) is 18.1. The molecule has 2 rings (SSSR count). The molecule has 2 N–H and O–H groups in total. The Morgan fingerprint density at radius 3 is 2.75 bits per heavy atom. The van der Waals surface area contributed by atoms with Crippen LogP contribution in [0.2, 0.25) is 0 Å². The van der Waals surface area contributed by atoms with Gasteiger partial charge < -0.3 is 10.1 Å². The van der Waals surface area contributed by atoms with E-state index in [1.807, 2.05) is 0 Å². The number of nitrogens with zero attached hydrogens (tertiary/aromatic N) is 1. The standard InChI is InChI=1S/C12H25N3O3S.ClH/c1-11-4-7-15(8-11)19(16,17)14-9-12(10-18-2)5-3-6-13-12;/h11,13-14H,3-10H2,1-2H3;1H. The summed E-state index contributed by atoms with van der Waals surface area (Å²) in [6, 6.07) is 0. The molecule has 0 aromatic carbocycles. The maximum Gasteiger partial charge on any atom is 0.279 e. The van der Waals surface area contributed by atoms with Gasteiger partial charge in [-0.25, -0.2) is 4.72 Å². The largest absolute Gasteiger partial charge is 0.383 e. The van der Waals surface area contributed by atoms with Crippen LogP contribution < -0.4 is 10.0 Å². The molecule has 0 saturated carbocycles. The van der Waals surface area contributed by atoms with Crippen molar-refractivity contribution in [2.24, 2.45) is 5.92 Å². The molecule has 8 heteroatoms. The third-order valence-electron chi connectivity index (χ3n) is 4.07. The molecular formula is C12H26ClN3O3S. The number of halogens is 1. The molecule has 0 aromatic rings. The zero-order valence-electron chi connectivity index (χ0n) is 12.2. The molecule has 0 amide bonds. The summed E-state index contributed by atoms with van der Waals surface area (Å²) in [6.45, 7) is 5.19. The SMILES string of the molecule is COCC1(CNS(=O)(=O)N2CCC(C)C2)CCCN1.Cl. The van der Waals surface area contributed by atoms with E-state index in [0.717, 1.165) is 25.8 Å². The van der Waals surface area contributed by atoms with E-state index in [0.29, 0.717) is 32.2 Å². The minimum Gasteiger partial charge on any atom is -0.383 e. The molecule has 2 saturated heterocycles. The molecule has 0 aromatic heterocycles. The van der Waals surface area contributed by atoms with Crippen molar-refractivity contribution in [3.63, 3.8) is 0 Å². The number of hydrogen-bond donors (Lipinski definition) is 2. The van der Waals surface area contributed by atoms with Crippen LogP contribution in [0.4, 0.5) is 0 Å². The van der Waals surface area contributed by atoms with Gasteiger partial charge in [-0.3, -0.25) is 0 Å². The zero-order valence-corrected chi connectivity index (χ0v) is 13.9. The van der Waals surface area contributed by atoms with E-state index in [-0.39, 0.29) is 17.9 Å². The summed E-state index contributed by atoms with van der Waals surface area (Å²) in [4.78, 5) is 0. The third-order valence-corrected chi connectivity index (χ3v) is 5.59. The summed E-state index contributed by atoms with van der Waals surface area (Å²) in [6.07, 6.45) is 2.95. The molecule has 2 aliphatic heterocycles. The van der Waals surface area contributed by atoms with Crippen LogP contribution in [0.3, 0.4) is 0 Å². The lowest BCUT2D eigenvalue weighted by atomic mass is 9.99. The van der Waals surface area contributed by atoms with Crippen LogP contribution in [0.5, 0.6) is 0 Å². The number of hydrogen-bond acceptors (Lipinski definition) is 4. The first-order valence-electron chi connectivity index (χ1n) is 6.96.